The second-order valence-electron chi connectivity index (χ2n) is 4.56. The van der Waals surface area contributed by atoms with Gasteiger partial charge in [0, 0.05) is 12.5 Å². The quantitative estimate of drug-likeness (QED) is 0.776. The number of ether oxygens (including phenoxy) is 1. The highest BCUT2D eigenvalue weighted by Crippen LogP contribution is 2.28. The van der Waals surface area contributed by atoms with Gasteiger partial charge in [-0.05, 0) is 34.5 Å². The van der Waals surface area contributed by atoms with Crippen molar-refractivity contribution in [2.45, 2.75) is 13.3 Å². The van der Waals surface area contributed by atoms with Crippen molar-refractivity contribution in [2.75, 3.05) is 7.11 Å². The van der Waals surface area contributed by atoms with Gasteiger partial charge in [-0.1, -0.05) is 29.8 Å². The molecule has 0 N–H and O–H groups in total. The zero-order valence-corrected chi connectivity index (χ0v) is 12.8. The van der Waals surface area contributed by atoms with Crippen molar-refractivity contribution in [1.82, 2.24) is 0 Å². The Balaban J connectivity index is 2.28. The first kappa shape index (κ1) is 14.7. The molecular formula is C16H14BrFO2. The Kier molecular flexibility index (Phi) is 4.55. The zero-order chi connectivity index (χ0) is 14.7. The topological polar surface area (TPSA) is 26.3 Å². The van der Waals surface area contributed by atoms with Gasteiger partial charge >= 0.3 is 0 Å². The average molecular weight is 337 g/mol. The van der Waals surface area contributed by atoms with Crippen LogP contribution < -0.4 is 4.74 Å². The van der Waals surface area contributed by atoms with Gasteiger partial charge in [-0.3, -0.25) is 4.79 Å². The highest BCUT2D eigenvalue weighted by molar-refractivity contribution is 9.10. The maximum absolute atomic E-state index is 13.9. The van der Waals surface area contributed by atoms with Crippen LogP contribution in [-0.2, 0) is 6.42 Å². The first-order chi connectivity index (χ1) is 9.51. The Bertz CT molecular complexity index is 653. The average Bonchev–Trinajstić information content (AvgIpc) is 2.40. The van der Waals surface area contributed by atoms with Crippen LogP contribution >= 0.6 is 15.9 Å². The molecule has 0 unspecified atom stereocenters. The van der Waals surface area contributed by atoms with Crippen LogP contribution in [0.1, 0.15) is 21.5 Å². The summed E-state index contributed by atoms with van der Waals surface area (Å²) in [7, 11) is 1.45. The summed E-state index contributed by atoms with van der Waals surface area (Å²) in [6.07, 6.45) is 0.178. The van der Waals surface area contributed by atoms with Crippen LogP contribution in [0.15, 0.2) is 40.9 Å². The number of hydrogen-bond acceptors (Lipinski definition) is 2. The van der Waals surface area contributed by atoms with E-state index in [4.69, 9.17) is 4.74 Å². The molecule has 0 spiro atoms. The number of carbonyl (C=O) groups is 1. The van der Waals surface area contributed by atoms with Gasteiger partial charge < -0.3 is 4.74 Å². The van der Waals surface area contributed by atoms with Gasteiger partial charge in [0.1, 0.15) is 11.6 Å². The standard InChI is InChI=1S/C16H14BrFO2/c1-10-4-3-5-11(6-10)7-15(19)12-8-13(17)16(20-2)9-14(12)18/h3-6,8-9H,7H2,1-2H3. The fourth-order valence-corrected chi connectivity index (χ4v) is 2.51. The number of rotatable bonds is 4. The number of benzene rings is 2. The molecule has 2 aromatic rings. The molecule has 0 aromatic heterocycles. The molecule has 0 saturated carbocycles. The predicted octanol–water partition coefficient (Wildman–Crippen LogP) is 4.33. The van der Waals surface area contributed by atoms with Crippen LogP contribution in [0.3, 0.4) is 0 Å². The molecule has 0 fully saturated rings. The van der Waals surface area contributed by atoms with Gasteiger partial charge in [0.2, 0.25) is 0 Å². The maximum Gasteiger partial charge on any atom is 0.170 e. The molecule has 2 rings (SSSR count). The third kappa shape index (κ3) is 3.25. The number of aryl methyl sites for hydroxylation is 1. The number of carbonyl (C=O) groups excluding carboxylic acids is 1. The second kappa shape index (κ2) is 6.18. The Hall–Kier alpha value is -1.68. The van der Waals surface area contributed by atoms with Gasteiger partial charge in [-0.15, -0.1) is 0 Å². The molecule has 0 aliphatic heterocycles. The van der Waals surface area contributed by atoms with E-state index >= 15 is 0 Å². The Labute approximate surface area is 125 Å². The highest BCUT2D eigenvalue weighted by Gasteiger charge is 2.16. The van der Waals surface area contributed by atoms with Crippen molar-refractivity contribution in [3.8, 4) is 5.75 Å². The van der Waals surface area contributed by atoms with E-state index in [9.17, 15) is 9.18 Å². The maximum atomic E-state index is 13.9. The second-order valence-corrected chi connectivity index (χ2v) is 5.41. The lowest BCUT2D eigenvalue weighted by Gasteiger charge is -2.08. The highest BCUT2D eigenvalue weighted by atomic mass is 79.9. The lowest BCUT2D eigenvalue weighted by atomic mass is 10.0. The first-order valence-corrected chi connectivity index (χ1v) is 6.92. The SMILES string of the molecule is COc1cc(F)c(C(=O)Cc2cccc(C)c2)cc1Br. The molecule has 2 aromatic carbocycles. The third-order valence-electron chi connectivity index (χ3n) is 2.99. The number of hydrogen-bond donors (Lipinski definition) is 0. The summed E-state index contributed by atoms with van der Waals surface area (Å²) in [6, 6.07) is 10.3. The summed E-state index contributed by atoms with van der Waals surface area (Å²) in [5.41, 5.74) is 2.02. The normalized spacial score (nSPS) is 10.4. The Morgan fingerprint density at radius 2 is 2.05 bits per heavy atom. The van der Waals surface area contributed by atoms with Crippen molar-refractivity contribution >= 4 is 21.7 Å². The number of halogens is 2. The predicted molar refractivity (Wildman–Crippen MR) is 79.9 cm³/mol. The summed E-state index contributed by atoms with van der Waals surface area (Å²) in [4.78, 5) is 12.2. The van der Waals surface area contributed by atoms with Crippen molar-refractivity contribution < 1.29 is 13.9 Å². The summed E-state index contributed by atoms with van der Waals surface area (Å²) >= 11 is 3.26. The van der Waals surface area contributed by atoms with Crippen LogP contribution in [0.25, 0.3) is 0 Å². The Morgan fingerprint density at radius 1 is 1.30 bits per heavy atom. The van der Waals surface area contributed by atoms with Crippen molar-refractivity contribution in [3.05, 3.63) is 63.4 Å². The van der Waals surface area contributed by atoms with E-state index in [0.29, 0.717) is 10.2 Å². The minimum absolute atomic E-state index is 0.0687. The minimum atomic E-state index is -0.567. The zero-order valence-electron chi connectivity index (χ0n) is 11.2. The van der Waals surface area contributed by atoms with E-state index in [1.54, 1.807) is 0 Å². The molecule has 0 amide bonds. The van der Waals surface area contributed by atoms with E-state index < -0.39 is 5.82 Å². The first-order valence-electron chi connectivity index (χ1n) is 6.13. The van der Waals surface area contributed by atoms with Gasteiger partial charge in [-0.25, -0.2) is 4.39 Å². The third-order valence-corrected chi connectivity index (χ3v) is 3.61. The molecule has 20 heavy (non-hydrogen) atoms. The van der Waals surface area contributed by atoms with Gasteiger partial charge in [0.05, 0.1) is 17.1 Å². The van der Waals surface area contributed by atoms with Crippen LogP contribution in [0.4, 0.5) is 4.39 Å². The number of Topliss-reactive ketones (excluding diaryl/α,β-unsaturated/α-hetero) is 1. The van der Waals surface area contributed by atoms with Crippen LogP contribution in [0, 0.1) is 12.7 Å². The molecule has 0 aliphatic carbocycles. The molecule has 104 valence electrons. The summed E-state index contributed by atoms with van der Waals surface area (Å²) in [5.74, 6) is -0.450. The molecule has 0 atom stereocenters. The molecule has 0 heterocycles. The number of ketones is 1. The lowest BCUT2D eigenvalue weighted by molar-refractivity contribution is 0.0989. The van der Waals surface area contributed by atoms with Gasteiger partial charge in [-0.2, -0.15) is 0 Å². The summed E-state index contributed by atoms with van der Waals surface area (Å²) in [6.45, 7) is 1.96. The van der Waals surface area contributed by atoms with E-state index in [2.05, 4.69) is 15.9 Å². The molecule has 0 radical (unpaired) electrons. The fraction of sp³-hybridized carbons (Fsp3) is 0.188. The minimum Gasteiger partial charge on any atom is -0.495 e. The molecule has 0 saturated heterocycles. The number of methoxy groups -OCH3 is 1. The van der Waals surface area contributed by atoms with Gasteiger partial charge in [0.25, 0.3) is 0 Å². The fourth-order valence-electron chi connectivity index (χ4n) is 2.00. The van der Waals surface area contributed by atoms with Crippen molar-refractivity contribution in [2.24, 2.45) is 0 Å². The molecule has 0 bridgehead atoms. The largest absolute Gasteiger partial charge is 0.495 e. The van der Waals surface area contributed by atoms with Crippen molar-refractivity contribution in [3.63, 3.8) is 0 Å². The monoisotopic (exact) mass is 336 g/mol. The lowest BCUT2D eigenvalue weighted by Crippen LogP contribution is -2.07. The molecule has 0 aliphatic rings. The molecular weight excluding hydrogens is 323 g/mol. The van der Waals surface area contributed by atoms with Crippen LogP contribution in [-0.4, -0.2) is 12.9 Å². The van der Waals surface area contributed by atoms with Gasteiger partial charge in [0.15, 0.2) is 5.78 Å². The van der Waals surface area contributed by atoms with Crippen molar-refractivity contribution in [1.29, 1.82) is 0 Å². The summed E-state index contributed by atoms with van der Waals surface area (Å²) in [5, 5.41) is 0. The van der Waals surface area contributed by atoms with E-state index in [0.717, 1.165) is 11.1 Å². The molecule has 4 heteroatoms. The van der Waals surface area contributed by atoms with E-state index in [1.807, 2.05) is 31.2 Å². The molecule has 2 nitrogen and oxygen atoms in total. The van der Waals surface area contributed by atoms with Crippen LogP contribution in [0.5, 0.6) is 5.75 Å². The Morgan fingerprint density at radius 3 is 2.70 bits per heavy atom. The van der Waals surface area contributed by atoms with E-state index in [-0.39, 0.29) is 17.8 Å². The van der Waals surface area contributed by atoms with Crippen LogP contribution in [0.2, 0.25) is 0 Å². The smallest absolute Gasteiger partial charge is 0.170 e. The van der Waals surface area contributed by atoms with E-state index in [1.165, 1.54) is 19.2 Å². The summed E-state index contributed by atoms with van der Waals surface area (Å²) < 4.78 is 19.5.